The molecule has 0 amide bonds. The molecule has 3 nitrogen and oxygen atoms in total. The summed E-state index contributed by atoms with van der Waals surface area (Å²) in [6, 6.07) is 10.3. The molecule has 0 saturated heterocycles. The van der Waals surface area contributed by atoms with E-state index in [0.717, 1.165) is 22.2 Å². The Morgan fingerprint density at radius 2 is 2.00 bits per heavy atom. The summed E-state index contributed by atoms with van der Waals surface area (Å²) in [5.41, 5.74) is 1.80. The van der Waals surface area contributed by atoms with Gasteiger partial charge in [0.1, 0.15) is 11.6 Å². The van der Waals surface area contributed by atoms with Crippen molar-refractivity contribution in [3.8, 4) is 5.75 Å². The predicted octanol–water partition coefficient (Wildman–Crippen LogP) is 4.89. The monoisotopic (exact) mass is 460 g/mol. The Bertz CT molecular complexity index is 712. The predicted molar refractivity (Wildman–Crippen MR) is 103 cm³/mol. The van der Waals surface area contributed by atoms with Crippen LogP contribution >= 0.6 is 44.1 Å². The van der Waals surface area contributed by atoms with Crippen LogP contribution in [0.4, 0.5) is 10.1 Å². The van der Waals surface area contributed by atoms with Crippen LogP contribution in [0.25, 0.3) is 0 Å². The largest absolute Gasteiger partial charge is 0.496 e. The first-order valence-corrected chi connectivity index (χ1v) is 8.81. The number of hydrogen-bond donors (Lipinski definition) is 2. The lowest BCUT2D eigenvalue weighted by Gasteiger charge is -2.13. The van der Waals surface area contributed by atoms with Crippen LogP contribution in [-0.4, -0.2) is 18.8 Å². The molecule has 23 heavy (non-hydrogen) atoms. The Hall–Kier alpha value is -1.18. The maximum Gasteiger partial charge on any atom is 0.170 e. The second-order valence-corrected chi connectivity index (χ2v) is 6.89. The number of thiocarbonyl (C=S) groups is 1. The van der Waals surface area contributed by atoms with Crippen LogP contribution < -0.4 is 15.4 Å². The Morgan fingerprint density at radius 3 is 2.70 bits per heavy atom. The van der Waals surface area contributed by atoms with E-state index in [1.807, 2.05) is 18.2 Å². The van der Waals surface area contributed by atoms with E-state index in [1.54, 1.807) is 13.2 Å². The van der Waals surface area contributed by atoms with Crippen LogP contribution in [0.2, 0.25) is 0 Å². The molecule has 7 heteroatoms. The fraction of sp³-hybridized carbons (Fsp3) is 0.188. The van der Waals surface area contributed by atoms with Gasteiger partial charge in [-0.3, -0.25) is 0 Å². The van der Waals surface area contributed by atoms with Gasteiger partial charge in [-0.15, -0.1) is 0 Å². The molecule has 0 heterocycles. The standard InChI is InChI=1S/C16H15Br2FN2OS/c1-22-15-5-2-11(17)8-10(15)6-7-20-16(23)21-14-4-3-12(19)9-13(14)18/h2-5,8-9H,6-7H2,1H3,(H2,20,21,23). The van der Waals surface area contributed by atoms with Gasteiger partial charge in [-0.25, -0.2) is 4.39 Å². The highest BCUT2D eigenvalue weighted by molar-refractivity contribution is 9.10. The molecule has 0 atom stereocenters. The summed E-state index contributed by atoms with van der Waals surface area (Å²) in [7, 11) is 1.65. The van der Waals surface area contributed by atoms with E-state index < -0.39 is 0 Å². The SMILES string of the molecule is COc1ccc(Br)cc1CCNC(=S)Nc1ccc(F)cc1Br. The molecule has 0 radical (unpaired) electrons. The van der Waals surface area contributed by atoms with Gasteiger partial charge in [0, 0.05) is 15.5 Å². The normalized spacial score (nSPS) is 10.3. The average molecular weight is 462 g/mol. The van der Waals surface area contributed by atoms with Crippen molar-refractivity contribution < 1.29 is 9.13 Å². The number of nitrogens with one attached hydrogen (secondary N) is 2. The molecular weight excluding hydrogens is 447 g/mol. The van der Waals surface area contributed by atoms with Gasteiger partial charge in [0.05, 0.1) is 12.8 Å². The molecule has 0 aliphatic carbocycles. The maximum absolute atomic E-state index is 13.1. The Balaban J connectivity index is 1.89. The van der Waals surface area contributed by atoms with E-state index in [1.165, 1.54) is 12.1 Å². The van der Waals surface area contributed by atoms with Gasteiger partial charge in [0.2, 0.25) is 0 Å². The van der Waals surface area contributed by atoms with Crippen LogP contribution in [0.5, 0.6) is 5.75 Å². The van der Waals surface area contributed by atoms with E-state index in [0.29, 0.717) is 21.8 Å². The third kappa shape index (κ3) is 5.44. The Kier molecular flexibility index (Phi) is 6.80. The minimum atomic E-state index is -0.303. The number of hydrogen-bond acceptors (Lipinski definition) is 2. The first-order valence-electron chi connectivity index (χ1n) is 6.82. The summed E-state index contributed by atoms with van der Waals surface area (Å²) >= 11 is 12.0. The van der Waals surface area contributed by atoms with Crippen LogP contribution in [0.3, 0.4) is 0 Å². The van der Waals surface area contributed by atoms with E-state index in [4.69, 9.17) is 17.0 Å². The number of methoxy groups -OCH3 is 1. The van der Waals surface area contributed by atoms with Crippen LogP contribution in [0.1, 0.15) is 5.56 Å². The summed E-state index contributed by atoms with van der Waals surface area (Å²) in [5, 5.41) is 6.64. The molecule has 0 unspecified atom stereocenters. The fourth-order valence-corrected chi connectivity index (χ4v) is 3.08. The zero-order valence-corrected chi connectivity index (χ0v) is 16.3. The number of rotatable bonds is 5. The van der Waals surface area contributed by atoms with Crippen molar-refractivity contribution in [1.29, 1.82) is 0 Å². The van der Waals surface area contributed by atoms with Gasteiger partial charge in [-0.2, -0.15) is 0 Å². The number of benzene rings is 2. The minimum Gasteiger partial charge on any atom is -0.496 e. The summed E-state index contributed by atoms with van der Waals surface area (Å²) in [6.07, 6.45) is 0.759. The third-order valence-electron chi connectivity index (χ3n) is 3.10. The van der Waals surface area contributed by atoms with Crippen LogP contribution in [0, 0.1) is 5.82 Å². The lowest BCUT2D eigenvalue weighted by Crippen LogP contribution is -2.30. The van der Waals surface area contributed by atoms with Gasteiger partial charge >= 0.3 is 0 Å². The van der Waals surface area contributed by atoms with Crippen molar-refractivity contribution in [3.63, 3.8) is 0 Å². The lowest BCUT2D eigenvalue weighted by atomic mass is 10.1. The molecule has 0 saturated carbocycles. The second-order valence-electron chi connectivity index (χ2n) is 4.71. The highest BCUT2D eigenvalue weighted by atomic mass is 79.9. The highest BCUT2D eigenvalue weighted by Crippen LogP contribution is 2.24. The van der Waals surface area contributed by atoms with Crippen molar-refractivity contribution in [2.45, 2.75) is 6.42 Å². The molecule has 0 bridgehead atoms. The van der Waals surface area contributed by atoms with Gasteiger partial charge in [0.25, 0.3) is 0 Å². The van der Waals surface area contributed by atoms with E-state index in [9.17, 15) is 4.39 Å². The molecule has 2 aromatic carbocycles. The van der Waals surface area contributed by atoms with Crippen LogP contribution in [-0.2, 0) is 6.42 Å². The van der Waals surface area contributed by atoms with Crippen molar-refractivity contribution >= 4 is 54.9 Å². The molecule has 2 rings (SSSR count). The summed E-state index contributed by atoms with van der Waals surface area (Å²) < 4.78 is 20.0. The zero-order chi connectivity index (χ0) is 16.8. The Morgan fingerprint density at radius 1 is 1.22 bits per heavy atom. The first-order chi connectivity index (χ1) is 11.0. The average Bonchev–Trinajstić information content (AvgIpc) is 2.50. The minimum absolute atomic E-state index is 0.303. The van der Waals surface area contributed by atoms with Gasteiger partial charge in [0.15, 0.2) is 5.11 Å². The molecule has 0 aliphatic rings. The van der Waals surface area contributed by atoms with E-state index in [2.05, 4.69) is 42.5 Å². The van der Waals surface area contributed by atoms with E-state index in [-0.39, 0.29) is 5.82 Å². The van der Waals surface area contributed by atoms with Gasteiger partial charge in [-0.05, 0) is 76.5 Å². The number of ether oxygens (including phenoxy) is 1. The van der Waals surface area contributed by atoms with Crippen LogP contribution in [0.15, 0.2) is 45.3 Å². The van der Waals surface area contributed by atoms with Crippen molar-refractivity contribution in [2.75, 3.05) is 19.0 Å². The Labute approximate surface area is 156 Å². The quantitative estimate of drug-likeness (QED) is 0.621. The van der Waals surface area contributed by atoms with Gasteiger partial charge in [-0.1, -0.05) is 15.9 Å². The van der Waals surface area contributed by atoms with Crippen molar-refractivity contribution in [3.05, 3.63) is 56.7 Å². The highest BCUT2D eigenvalue weighted by Gasteiger charge is 2.06. The molecule has 2 N–H and O–H groups in total. The maximum atomic E-state index is 13.1. The van der Waals surface area contributed by atoms with Crippen molar-refractivity contribution in [2.24, 2.45) is 0 Å². The molecular formula is C16H15Br2FN2OS. The molecule has 0 spiro atoms. The number of halogens is 3. The fourth-order valence-electron chi connectivity index (χ4n) is 2.01. The zero-order valence-electron chi connectivity index (χ0n) is 12.3. The summed E-state index contributed by atoms with van der Waals surface area (Å²) in [6.45, 7) is 0.650. The second kappa shape index (κ2) is 8.61. The van der Waals surface area contributed by atoms with Crippen molar-refractivity contribution in [1.82, 2.24) is 5.32 Å². The van der Waals surface area contributed by atoms with Gasteiger partial charge < -0.3 is 15.4 Å². The summed E-state index contributed by atoms with van der Waals surface area (Å²) in [5.74, 6) is 0.540. The molecule has 2 aromatic rings. The third-order valence-corrected chi connectivity index (χ3v) is 4.50. The first kappa shape index (κ1) is 18.2. The lowest BCUT2D eigenvalue weighted by molar-refractivity contribution is 0.409. The van der Waals surface area contributed by atoms with E-state index >= 15 is 0 Å². The molecule has 0 aromatic heterocycles. The molecule has 0 fully saturated rings. The molecule has 122 valence electrons. The number of anilines is 1. The summed E-state index contributed by atoms with van der Waals surface area (Å²) in [4.78, 5) is 0. The molecule has 0 aliphatic heterocycles. The topological polar surface area (TPSA) is 33.3 Å². The smallest absolute Gasteiger partial charge is 0.170 e.